The normalized spacial score (nSPS) is 26.8. The number of benzene rings is 2. The highest BCUT2D eigenvalue weighted by atomic mass is 35.5. The van der Waals surface area contributed by atoms with E-state index in [4.69, 9.17) is 28.3 Å². The molecule has 0 radical (unpaired) electrons. The number of nitrogens with zero attached hydrogens (tertiary/aromatic N) is 4. The topological polar surface area (TPSA) is 100 Å². The molecule has 202 valence electrons. The van der Waals surface area contributed by atoms with Crippen LogP contribution in [0.15, 0.2) is 48.5 Å². The number of anilines is 1. The van der Waals surface area contributed by atoms with Crippen molar-refractivity contribution in [2.24, 2.45) is 5.92 Å². The largest absolute Gasteiger partial charge is 0.478 e. The third-order valence-electron chi connectivity index (χ3n) is 9.09. The summed E-state index contributed by atoms with van der Waals surface area (Å²) in [4.78, 5) is 32.6. The maximum atomic E-state index is 16.0. The van der Waals surface area contributed by atoms with Crippen LogP contribution in [0.25, 0.3) is 10.9 Å². The third kappa shape index (κ3) is 3.11. The summed E-state index contributed by atoms with van der Waals surface area (Å²) in [5.41, 5.74) is 1.36. The van der Waals surface area contributed by atoms with E-state index in [9.17, 15) is 14.7 Å². The number of aromatic carboxylic acids is 1. The first kappa shape index (κ1) is 24.3. The van der Waals surface area contributed by atoms with Crippen LogP contribution in [0.4, 0.5) is 10.2 Å². The van der Waals surface area contributed by atoms with E-state index < -0.39 is 29.3 Å². The molecule has 4 atom stereocenters. The lowest BCUT2D eigenvalue weighted by Gasteiger charge is -2.40. The number of halogens is 3. The number of rotatable bonds is 4. The average molecular weight is 578 g/mol. The van der Waals surface area contributed by atoms with E-state index in [1.54, 1.807) is 36.4 Å². The van der Waals surface area contributed by atoms with E-state index >= 15 is 4.39 Å². The molecule has 1 aliphatic carbocycles. The van der Waals surface area contributed by atoms with Crippen LogP contribution in [0, 0.1) is 11.7 Å². The van der Waals surface area contributed by atoms with Crippen molar-refractivity contribution in [1.82, 2.24) is 19.7 Å². The quantitative estimate of drug-likeness (QED) is 0.315. The molecule has 4 aromatic rings. The molecule has 0 bridgehead atoms. The number of carbonyl (C=O) groups is 2. The number of nitrogens with one attached hydrogen (secondary N) is 1. The zero-order valence-corrected chi connectivity index (χ0v) is 22.5. The van der Waals surface area contributed by atoms with Crippen molar-refractivity contribution in [2.45, 2.75) is 42.8 Å². The molecular formula is C29H22Cl2FN5O3. The van der Waals surface area contributed by atoms with E-state index in [-0.39, 0.29) is 27.7 Å². The third-order valence-corrected chi connectivity index (χ3v) is 9.59. The van der Waals surface area contributed by atoms with Crippen molar-refractivity contribution in [3.8, 4) is 0 Å². The van der Waals surface area contributed by atoms with Gasteiger partial charge < -0.3 is 10.4 Å². The fourth-order valence-electron chi connectivity index (χ4n) is 7.35. The minimum Gasteiger partial charge on any atom is -0.478 e. The van der Waals surface area contributed by atoms with Gasteiger partial charge in [-0.3, -0.25) is 14.4 Å². The van der Waals surface area contributed by atoms with E-state index in [1.165, 1.54) is 6.07 Å². The number of hydrogen-bond donors (Lipinski definition) is 2. The summed E-state index contributed by atoms with van der Waals surface area (Å²) in [6.07, 6.45) is 2.71. The smallest absolute Gasteiger partial charge is 0.335 e. The summed E-state index contributed by atoms with van der Waals surface area (Å²) >= 11 is 12.6. The predicted octanol–water partition coefficient (Wildman–Crippen LogP) is 5.40. The van der Waals surface area contributed by atoms with Gasteiger partial charge in [0.1, 0.15) is 22.3 Å². The Balaban J connectivity index is 1.42. The lowest BCUT2D eigenvalue weighted by atomic mass is 9.74. The van der Waals surface area contributed by atoms with Gasteiger partial charge in [0.25, 0.3) is 5.91 Å². The van der Waals surface area contributed by atoms with Crippen molar-refractivity contribution in [1.29, 1.82) is 0 Å². The number of aromatic nitrogens is 3. The molecule has 2 aromatic carbocycles. The lowest BCUT2D eigenvalue weighted by Crippen LogP contribution is -2.53. The highest BCUT2D eigenvalue weighted by molar-refractivity contribution is 6.31. The summed E-state index contributed by atoms with van der Waals surface area (Å²) in [5, 5.41) is 18.5. The Kier molecular flexibility index (Phi) is 5.01. The van der Waals surface area contributed by atoms with Gasteiger partial charge in [0, 0.05) is 41.6 Å². The van der Waals surface area contributed by atoms with Crippen LogP contribution in [-0.4, -0.2) is 49.2 Å². The van der Waals surface area contributed by atoms with Crippen LogP contribution in [-0.2, 0) is 16.8 Å². The maximum absolute atomic E-state index is 16.0. The minimum absolute atomic E-state index is 0.0207. The van der Waals surface area contributed by atoms with Gasteiger partial charge in [-0.2, -0.15) is 5.10 Å². The van der Waals surface area contributed by atoms with Crippen molar-refractivity contribution in [2.75, 3.05) is 11.9 Å². The number of amides is 1. The molecule has 1 saturated heterocycles. The molecule has 8 rings (SSSR count). The Bertz CT molecular complexity index is 1790. The fourth-order valence-corrected chi connectivity index (χ4v) is 7.68. The highest BCUT2D eigenvalue weighted by Crippen LogP contribution is 2.64. The summed E-state index contributed by atoms with van der Waals surface area (Å²) in [6.45, 7) is 0.668. The lowest BCUT2D eigenvalue weighted by molar-refractivity contribution is -0.128. The molecule has 40 heavy (non-hydrogen) atoms. The minimum atomic E-state index is -1.27. The Morgan fingerprint density at radius 3 is 2.77 bits per heavy atom. The summed E-state index contributed by atoms with van der Waals surface area (Å²) < 4.78 is 17.9. The number of hydrogen-bond acceptors (Lipinski definition) is 5. The van der Waals surface area contributed by atoms with Crippen LogP contribution in [0.1, 0.15) is 52.0 Å². The molecule has 5 heterocycles. The first-order valence-electron chi connectivity index (χ1n) is 13.2. The molecule has 1 amide bonds. The van der Waals surface area contributed by atoms with E-state index in [0.29, 0.717) is 41.3 Å². The second kappa shape index (κ2) is 8.25. The van der Waals surface area contributed by atoms with Gasteiger partial charge in [-0.1, -0.05) is 41.4 Å². The van der Waals surface area contributed by atoms with Gasteiger partial charge in [-0.05, 0) is 54.7 Å². The molecule has 1 unspecified atom stereocenters. The Morgan fingerprint density at radius 1 is 1.18 bits per heavy atom. The van der Waals surface area contributed by atoms with Crippen LogP contribution >= 0.6 is 23.2 Å². The predicted molar refractivity (Wildman–Crippen MR) is 146 cm³/mol. The first-order chi connectivity index (χ1) is 19.3. The number of pyridine rings is 1. The average Bonchev–Trinajstić information content (AvgIpc) is 3.37. The molecule has 2 fully saturated rings. The second-order valence-electron chi connectivity index (χ2n) is 11.2. The molecule has 2 N–H and O–H groups in total. The number of carboxylic acid groups (broad SMARTS) is 1. The molecule has 1 spiro atoms. The first-order valence-corrected chi connectivity index (χ1v) is 14.0. The van der Waals surface area contributed by atoms with Gasteiger partial charge in [0.05, 0.1) is 22.1 Å². The van der Waals surface area contributed by atoms with Crippen LogP contribution in [0.5, 0.6) is 0 Å². The number of carboxylic acids is 1. The molecule has 8 nitrogen and oxygen atoms in total. The molecule has 11 heteroatoms. The maximum Gasteiger partial charge on any atom is 0.335 e. The van der Waals surface area contributed by atoms with Crippen molar-refractivity contribution < 1.29 is 19.1 Å². The Morgan fingerprint density at radius 2 is 2.00 bits per heavy atom. The molecule has 1 saturated carbocycles. The number of fused-ring (bicyclic) bond motifs is 7. The highest BCUT2D eigenvalue weighted by Gasteiger charge is 2.70. The van der Waals surface area contributed by atoms with Crippen molar-refractivity contribution in [3.05, 3.63) is 86.9 Å². The van der Waals surface area contributed by atoms with E-state index in [1.807, 2.05) is 10.7 Å². The standard InChI is InChI=1S/C29H22Cl2FN5O3/c30-18-3-1-2-16(24(18)32)23-25-21(11-20-15-7-6-14(27(38)39)10-19(15)35-37(20)25)36(12-13-4-5-13)29(23)17-8-9-22(31)33-26(17)34-28(29)40/h1-3,6-10,13,21,23,25H,4-5,11-12H2,(H,38,39)(H,33,34,40)/t21-,23-,25?,29+/m0/s1. The van der Waals surface area contributed by atoms with Crippen molar-refractivity contribution in [3.63, 3.8) is 0 Å². The molecule has 2 aromatic heterocycles. The van der Waals surface area contributed by atoms with E-state index in [0.717, 1.165) is 23.9 Å². The fraction of sp³-hybridized carbons (Fsp3) is 0.310. The zero-order chi connectivity index (χ0) is 27.5. The summed E-state index contributed by atoms with van der Waals surface area (Å²) in [5.74, 6) is -1.77. The second-order valence-corrected chi connectivity index (χ2v) is 12.0. The summed E-state index contributed by atoms with van der Waals surface area (Å²) in [7, 11) is 0. The molecular weight excluding hydrogens is 556 g/mol. The van der Waals surface area contributed by atoms with Crippen LogP contribution in [0.2, 0.25) is 10.2 Å². The van der Waals surface area contributed by atoms with Crippen LogP contribution in [0.3, 0.4) is 0 Å². The van der Waals surface area contributed by atoms with Gasteiger partial charge in [-0.25, -0.2) is 14.2 Å². The van der Waals surface area contributed by atoms with Gasteiger partial charge >= 0.3 is 5.97 Å². The Hall–Kier alpha value is -3.53. The Labute approximate surface area is 237 Å². The van der Waals surface area contributed by atoms with E-state index in [2.05, 4.69) is 15.2 Å². The zero-order valence-electron chi connectivity index (χ0n) is 20.9. The monoisotopic (exact) mass is 577 g/mol. The van der Waals surface area contributed by atoms with Crippen LogP contribution < -0.4 is 5.32 Å². The number of carbonyl (C=O) groups excluding carboxylic acids is 1. The van der Waals surface area contributed by atoms with Gasteiger partial charge in [0.15, 0.2) is 0 Å². The van der Waals surface area contributed by atoms with Gasteiger partial charge in [0.2, 0.25) is 0 Å². The van der Waals surface area contributed by atoms with Crippen molar-refractivity contribution >= 4 is 51.8 Å². The van der Waals surface area contributed by atoms with Gasteiger partial charge in [-0.15, -0.1) is 0 Å². The SMILES string of the molecule is O=C(O)c1ccc2c3n(nc2c1)C1[C@H](C3)N(CC2CC2)[C@@]2(C(=O)Nc3nc(Cl)ccc32)[C@H]1c1cccc(Cl)c1F. The molecule has 3 aliphatic heterocycles. The number of likely N-dealkylation sites (tertiary alicyclic amines) is 1. The molecule has 4 aliphatic rings. The summed E-state index contributed by atoms with van der Waals surface area (Å²) in [6, 6.07) is 12.7.